The van der Waals surface area contributed by atoms with E-state index < -0.39 is 0 Å². The molecule has 0 N–H and O–H groups in total. The minimum atomic E-state index is 0.514. The van der Waals surface area contributed by atoms with Gasteiger partial charge >= 0.3 is 0 Å². The Morgan fingerprint density at radius 3 is 1.80 bits per heavy atom. The van der Waals surface area contributed by atoms with Gasteiger partial charge in [0.15, 0.2) is 0 Å². The van der Waals surface area contributed by atoms with Crippen molar-refractivity contribution in [1.82, 2.24) is 0 Å². The first kappa shape index (κ1) is 17.9. The van der Waals surface area contributed by atoms with Crippen LogP contribution in [0, 0.1) is 0 Å². The predicted molar refractivity (Wildman–Crippen MR) is 82.7 cm³/mol. The summed E-state index contributed by atoms with van der Waals surface area (Å²) in [6, 6.07) is 0. The van der Waals surface area contributed by atoms with E-state index in [4.69, 9.17) is 14.5 Å². The van der Waals surface area contributed by atoms with Gasteiger partial charge in [-0.1, -0.05) is 64.7 Å². The molecule has 1 saturated heterocycles. The molecule has 0 amide bonds. The number of ether oxygens (including phenoxy) is 1. The summed E-state index contributed by atoms with van der Waals surface area (Å²) < 4.78 is 5.13. The molecule has 120 valence electrons. The number of epoxide rings is 1. The SMILES string of the molecule is CCCCCCCCCCCCOOCCCC1CO1. The lowest BCUT2D eigenvalue weighted by Crippen LogP contribution is -2.00. The molecule has 20 heavy (non-hydrogen) atoms. The Kier molecular flexibility index (Phi) is 12.4. The molecule has 1 aliphatic heterocycles. The minimum Gasteiger partial charge on any atom is -0.373 e. The molecule has 0 bridgehead atoms. The Labute approximate surface area is 125 Å². The first-order valence-electron chi connectivity index (χ1n) is 8.79. The van der Waals surface area contributed by atoms with E-state index >= 15 is 0 Å². The van der Waals surface area contributed by atoms with Crippen LogP contribution in [-0.4, -0.2) is 25.9 Å². The highest BCUT2D eigenvalue weighted by Crippen LogP contribution is 2.15. The summed E-state index contributed by atoms with van der Waals surface area (Å²) >= 11 is 0. The zero-order valence-electron chi connectivity index (χ0n) is 13.4. The molecular formula is C17H34O3. The van der Waals surface area contributed by atoms with E-state index in [1.54, 1.807) is 0 Å². The fourth-order valence-corrected chi connectivity index (χ4v) is 2.37. The lowest BCUT2D eigenvalue weighted by Gasteiger charge is -2.04. The second kappa shape index (κ2) is 13.8. The summed E-state index contributed by atoms with van der Waals surface area (Å²) in [5.41, 5.74) is 0. The van der Waals surface area contributed by atoms with Gasteiger partial charge < -0.3 is 4.74 Å². The van der Waals surface area contributed by atoms with E-state index in [9.17, 15) is 0 Å². The topological polar surface area (TPSA) is 31.0 Å². The van der Waals surface area contributed by atoms with E-state index in [0.29, 0.717) is 12.7 Å². The van der Waals surface area contributed by atoms with E-state index in [0.717, 1.165) is 32.5 Å². The van der Waals surface area contributed by atoms with Crippen molar-refractivity contribution in [2.24, 2.45) is 0 Å². The monoisotopic (exact) mass is 286 g/mol. The third-order valence-corrected chi connectivity index (χ3v) is 3.82. The molecule has 1 heterocycles. The molecule has 1 aliphatic rings. The summed E-state index contributed by atoms with van der Waals surface area (Å²) in [6.45, 7) is 4.67. The van der Waals surface area contributed by atoms with Gasteiger partial charge in [-0.3, -0.25) is 0 Å². The minimum absolute atomic E-state index is 0.514. The van der Waals surface area contributed by atoms with E-state index in [-0.39, 0.29) is 0 Å². The maximum Gasteiger partial charge on any atom is 0.0823 e. The van der Waals surface area contributed by atoms with Gasteiger partial charge in [-0.15, -0.1) is 0 Å². The average Bonchev–Trinajstić information content (AvgIpc) is 3.27. The van der Waals surface area contributed by atoms with Crippen LogP contribution >= 0.6 is 0 Å². The van der Waals surface area contributed by atoms with Crippen LogP contribution in [0.2, 0.25) is 0 Å². The van der Waals surface area contributed by atoms with Crippen molar-refractivity contribution in [1.29, 1.82) is 0 Å². The third-order valence-electron chi connectivity index (χ3n) is 3.82. The second-order valence-corrected chi connectivity index (χ2v) is 5.92. The first-order chi connectivity index (χ1) is 9.93. The molecular weight excluding hydrogens is 252 g/mol. The van der Waals surface area contributed by atoms with E-state index in [2.05, 4.69) is 6.92 Å². The molecule has 1 fully saturated rings. The van der Waals surface area contributed by atoms with Crippen molar-refractivity contribution in [3.63, 3.8) is 0 Å². The highest BCUT2D eigenvalue weighted by molar-refractivity contribution is 4.67. The zero-order chi connectivity index (χ0) is 14.3. The summed E-state index contributed by atoms with van der Waals surface area (Å²) in [7, 11) is 0. The largest absolute Gasteiger partial charge is 0.373 e. The van der Waals surface area contributed by atoms with Gasteiger partial charge in [-0.25, -0.2) is 9.78 Å². The van der Waals surface area contributed by atoms with Gasteiger partial charge in [0.05, 0.1) is 25.9 Å². The van der Waals surface area contributed by atoms with Crippen molar-refractivity contribution < 1.29 is 14.5 Å². The van der Waals surface area contributed by atoms with Crippen LogP contribution in [0.4, 0.5) is 0 Å². The number of rotatable bonds is 16. The summed E-state index contributed by atoms with van der Waals surface area (Å²) in [5, 5.41) is 0. The van der Waals surface area contributed by atoms with Gasteiger partial charge in [0.25, 0.3) is 0 Å². The van der Waals surface area contributed by atoms with Crippen molar-refractivity contribution in [3.8, 4) is 0 Å². The molecule has 0 aromatic rings. The molecule has 1 atom stereocenters. The molecule has 3 heteroatoms. The smallest absolute Gasteiger partial charge is 0.0823 e. The van der Waals surface area contributed by atoms with Crippen molar-refractivity contribution >= 4 is 0 Å². The van der Waals surface area contributed by atoms with Crippen LogP contribution in [-0.2, 0) is 14.5 Å². The first-order valence-corrected chi connectivity index (χ1v) is 8.79. The molecule has 1 rings (SSSR count). The fourth-order valence-electron chi connectivity index (χ4n) is 2.37. The van der Waals surface area contributed by atoms with Crippen LogP contribution < -0.4 is 0 Å². The molecule has 1 unspecified atom stereocenters. The number of hydrogen-bond donors (Lipinski definition) is 0. The quantitative estimate of drug-likeness (QED) is 0.172. The third kappa shape index (κ3) is 12.9. The van der Waals surface area contributed by atoms with Crippen LogP contribution in [0.3, 0.4) is 0 Å². The Morgan fingerprint density at radius 2 is 1.25 bits per heavy atom. The molecule has 0 spiro atoms. The van der Waals surface area contributed by atoms with Crippen LogP contribution in [0.1, 0.15) is 84.0 Å². The van der Waals surface area contributed by atoms with Crippen molar-refractivity contribution in [3.05, 3.63) is 0 Å². The zero-order valence-corrected chi connectivity index (χ0v) is 13.4. The van der Waals surface area contributed by atoms with Gasteiger partial charge in [0.2, 0.25) is 0 Å². The average molecular weight is 286 g/mol. The summed E-state index contributed by atoms with van der Waals surface area (Å²) in [5.74, 6) is 0. The Morgan fingerprint density at radius 1 is 0.750 bits per heavy atom. The number of unbranched alkanes of at least 4 members (excludes halogenated alkanes) is 9. The van der Waals surface area contributed by atoms with E-state index in [1.807, 2.05) is 0 Å². The normalized spacial score (nSPS) is 17.6. The second-order valence-electron chi connectivity index (χ2n) is 5.92. The Hall–Kier alpha value is -0.120. The van der Waals surface area contributed by atoms with Crippen LogP contribution in [0.15, 0.2) is 0 Å². The van der Waals surface area contributed by atoms with Crippen molar-refractivity contribution in [2.45, 2.75) is 90.1 Å². The van der Waals surface area contributed by atoms with Crippen LogP contribution in [0.25, 0.3) is 0 Å². The molecule has 0 saturated carbocycles. The van der Waals surface area contributed by atoms with Crippen molar-refractivity contribution in [2.75, 3.05) is 19.8 Å². The van der Waals surface area contributed by atoms with Gasteiger partial charge in [-0.05, 0) is 19.3 Å². The molecule has 0 aromatic heterocycles. The lowest BCUT2D eigenvalue weighted by atomic mass is 10.1. The molecule has 0 aromatic carbocycles. The lowest BCUT2D eigenvalue weighted by molar-refractivity contribution is -0.295. The molecule has 3 nitrogen and oxygen atoms in total. The van der Waals surface area contributed by atoms with Gasteiger partial charge in [-0.2, -0.15) is 0 Å². The standard InChI is InChI=1S/C17H34O3/c1-2-3-4-5-6-7-8-9-10-11-14-19-20-15-12-13-17-16-18-17/h17H,2-16H2,1H3. The van der Waals surface area contributed by atoms with Gasteiger partial charge in [0, 0.05) is 0 Å². The van der Waals surface area contributed by atoms with Crippen LogP contribution in [0.5, 0.6) is 0 Å². The highest BCUT2D eigenvalue weighted by atomic mass is 17.2. The summed E-state index contributed by atoms with van der Waals surface area (Å²) in [6.07, 6.45) is 16.2. The molecule has 0 radical (unpaired) electrons. The molecule has 0 aliphatic carbocycles. The predicted octanol–water partition coefficient (Wildman–Crippen LogP) is 5.03. The van der Waals surface area contributed by atoms with Gasteiger partial charge in [0.1, 0.15) is 0 Å². The fraction of sp³-hybridized carbons (Fsp3) is 1.00. The summed E-state index contributed by atoms with van der Waals surface area (Å²) in [4.78, 5) is 10.3. The van der Waals surface area contributed by atoms with E-state index in [1.165, 1.54) is 57.8 Å². The maximum absolute atomic E-state index is 5.17. The number of hydrogen-bond acceptors (Lipinski definition) is 3. The Bertz CT molecular complexity index is 193. The maximum atomic E-state index is 5.17. The highest BCUT2D eigenvalue weighted by Gasteiger charge is 2.21. The Balaban J connectivity index is 1.60.